The monoisotopic (exact) mass is 451 g/mol. The maximum Gasteiger partial charge on any atom is 0.265 e. The molecule has 0 amide bonds. The number of rotatable bonds is 4. The van der Waals surface area contributed by atoms with Crippen molar-refractivity contribution in [1.29, 1.82) is 0 Å². The molecule has 0 aliphatic heterocycles. The highest BCUT2D eigenvalue weighted by molar-refractivity contribution is 7.93. The van der Waals surface area contributed by atoms with E-state index in [1.807, 2.05) is 0 Å². The van der Waals surface area contributed by atoms with Crippen molar-refractivity contribution in [2.45, 2.75) is 11.8 Å². The molecule has 0 fully saturated rings. The van der Waals surface area contributed by atoms with E-state index in [1.54, 1.807) is 6.92 Å². The summed E-state index contributed by atoms with van der Waals surface area (Å²) in [6.45, 7) is 1.57. The highest BCUT2D eigenvalue weighted by atomic mass is 35.5. The number of nitrogens with zero attached hydrogens (tertiary/aromatic N) is 2. The normalized spacial score (nSPS) is 11.6. The van der Waals surface area contributed by atoms with Crippen molar-refractivity contribution in [3.8, 4) is 11.4 Å². The zero-order valence-electron chi connectivity index (χ0n) is 12.9. The molecule has 0 aliphatic rings. The molecule has 3 aromatic rings. The fourth-order valence-electron chi connectivity index (χ4n) is 2.27. The molecule has 11 heteroatoms. The lowest BCUT2D eigenvalue weighted by molar-refractivity contribution is 0.600. The van der Waals surface area contributed by atoms with E-state index in [9.17, 15) is 12.8 Å². The molecular weight excluding hydrogens is 444 g/mol. The highest BCUT2D eigenvalue weighted by Crippen LogP contribution is 2.33. The van der Waals surface area contributed by atoms with Gasteiger partial charge in [0.25, 0.3) is 10.0 Å². The Morgan fingerprint density at radius 2 is 1.88 bits per heavy atom. The van der Waals surface area contributed by atoms with Gasteiger partial charge in [-0.15, -0.1) is 0 Å². The van der Waals surface area contributed by atoms with Crippen LogP contribution in [-0.2, 0) is 10.0 Å². The van der Waals surface area contributed by atoms with Crippen LogP contribution in [0, 0.1) is 12.7 Å². The summed E-state index contributed by atoms with van der Waals surface area (Å²) in [6, 6.07) is 6.95. The van der Waals surface area contributed by atoms with Crippen LogP contribution in [0.4, 0.5) is 9.52 Å². The lowest BCUT2D eigenvalue weighted by Crippen LogP contribution is -2.14. The van der Waals surface area contributed by atoms with E-state index in [1.165, 1.54) is 30.3 Å². The van der Waals surface area contributed by atoms with Crippen molar-refractivity contribution in [3.63, 3.8) is 0 Å². The molecule has 0 unspecified atom stereocenters. The number of halogens is 4. The van der Waals surface area contributed by atoms with Gasteiger partial charge in [-0.3, -0.25) is 4.72 Å². The second-order valence-electron chi connectivity index (χ2n) is 5.16. The second-order valence-corrected chi connectivity index (χ2v) is 8.78. The first-order valence-electron chi connectivity index (χ1n) is 6.95. The third kappa shape index (κ3) is 3.79. The quantitative estimate of drug-likeness (QED) is 0.574. The molecule has 1 N–H and O–H groups in total. The van der Waals surface area contributed by atoms with E-state index in [0.717, 1.165) is 11.5 Å². The summed E-state index contributed by atoms with van der Waals surface area (Å²) >= 11 is 18.6. The number of benzene rings is 2. The van der Waals surface area contributed by atoms with Gasteiger partial charge in [0, 0.05) is 16.6 Å². The van der Waals surface area contributed by atoms with Crippen molar-refractivity contribution in [2.24, 2.45) is 0 Å². The molecule has 136 valence electrons. The van der Waals surface area contributed by atoms with Gasteiger partial charge in [0.15, 0.2) is 5.82 Å². The molecule has 0 radical (unpaired) electrons. The summed E-state index contributed by atoms with van der Waals surface area (Å²) in [6.07, 6.45) is 0. The fraction of sp³-hybridized carbons (Fsp3) is 0.0667. The van der Waals surface area contributed by atoms with Crippen molar-refractivity contribution in [3.05, 3.63) is 56.8 Å². The van der Waals surface area contributed by atoms with Gasteiger partial charge in [0.05, 0.1) is 15.6 Å². The molecule has 3 rings (SSSR count). The summed E-state index contributed by atoms with van der Waals surface area (Å²) in [5.74, 6) is -0.629. The average Bonchev–Trinajstić information content (AvgIpc) is 2.92. The van der Waals surface area contributed by atoms with E-state index in [4.69, 9.17) is 34.8 Å². The van der Waals surface area contributed by atoms with Gasteiger partial charge >= 0.3 is 0 Å². The molecule has 0 spiro atoms. The summed E-state index contributed by atoms with van der Waals surface area (Å²) in [4.78, 5) is 3.89. The van der Waals surface area contributed by atoms with Crippen LogP contribution in [-0.4, -0.2) is 17.8 Å². The van der Waals surface area contributed by atoms with Crippen LogP contribution in [0.1, 0.15) is 5.56 Å². The number of hydrogen-bond donors (Lipinski definition) is 1. The summed E-state index contributed by atoms with van der Waals surface area (Å²) in [7, 11) is -4.04. The maximum atomic E-state index is 14.0. The largest absolute Gasteiger partial charge is 0.265 e. The Morgan fingerprint density at radius 1 is 1.15 bits per heavy atom. The second kappa shape index (κ2) is 7.28. The Balaban J connectivity index is 1.97. The summed E-state index contributed by atoms with van der Waals surface area (Å²) in [5, 5.41) is 0.363. The lowest BCUT2D eigenvalue weighted by atomic mass is 10.2. The first kappa shape index (κ1) is 19.3. The molecule has 0 saturated heterocycles. The molecule has 2 aromatic carbocycles. The minimum atomic E-state index is -4.04. The molecule has 26 heavy (non-hydrogen) atoms. The number of anilines is 1. The third-order valence-corrected chi connectivity index (χ3v) is 6.54. The van der Waals surface area contributed by atoms with Gasteiger partial charge in [0.1, 0.15) is 10.7 Å². The van der Waals surface area contributed by atoms with Crippen molar-refractivity contribution >= 4 is 61.5 Å². The predicted molar refractivity (Wildman–Crippen MR) is 102 cm³/mol. The van der Waals surface area contributed by atoms with Gasteiger partial charge in [0.2, 0.25) is 5.13 Å². The van der Waals surface area contributed by atoms with Gasteiger partial charge in [-0.2, -0.15) is 9.36 Å². The molecule has 1 heterocycles. The first-order valence-corrected chi connectivity index (χ1v) is 10.3. The molecule has 0 aliphatic carbocycles. The average molecular weight is 453 g/mol. The van der Waals surface area contributed by atoms with Crippen LogP contribution >= 0.6 is 46.3 Å². The Kier molecular flexibility index (Phi) is 5.41. The first-order chi connectivity index (χ1) is 12.2. The molecule has 0 saturated carbocycles. The van der Waals surface area contributed by atoms with Gasteiger partial charge in [-0.25, -0.2) is 12.8 Å². The van der Waals surface area contributed by atoms with E-state index in [2.05, 4.69) is 14.1 Å². The van der Waals surface area contributed by atoms with E-state index >= 15 is 0 Å². The number of hydrogen-bond acceptors (Lipinski definition) is 5. The van der Waals surface area contributed by atoms with Crippen molar-refractivity contribution in [1.82, 2.24) is 9.36 Å². The Bertz CT molecular complexity index is 1060. The zero-order valence-corrected chi connectivity index (χ0v) is 16.8. The van der Waals surface area contributed by atoms with E-state index in [-0.39, 0.29) is 31.5 Å². The van der Waals surface area contributed by atoms with Crippen LogP contribution in [0.2, 0.25) is 15.1 Å². The van der Waals surface area contributed by atoms with Crippen molar-refractivity contribution < 1.29 is 12.8 Å². The summed E-state index contributed by atoms with van der Waals surface area (Å²) < 4.78 is 45.5. The van der Waals surface area contributed by atoms with Gasteiger partial charge < -0.3 is 0 Å². The SMILES string of the molecule is Cc1cc(Cl)cc(Cl)c1S(=O)(=O)Nc1nc(-c2c(F)cccc2Cl)ns1. The number of aryl methyl sites for hydroxylation is 1. The van der Waals surface area contributed by atoms with Crippen LogP contribution in [0.3, 0.4) is 0 Å². The van der Waals surface area contributed by atoms with Gasteiger partial charge in [-0.05, 0) is 36.8 Å². The number of aromatic nitrogens is 2. The van der Waals surface area contributed by atoms with Crippen LogP contribution in [0.15, 0.2) is 35.2 Å². The molecule has 0 bridgehead atoms. The highest BCUT2D eigenvalue weighted by Gasteiger charge is 2.24. The Morgan fingerprint density at radius 3 is 2.54 bits per heavy atom. The molecule has 0 atom stereocenters. The van der Waals surface area contributed by atoms with E-state index < -0.39 is 15.8 Å². The number of nitrogens with one attached hydrogen (secondary N) is 1. The molecular formula is C15H9Cl3FN3O2S2. The minimum absolute atomic E-state index is 0.00318. The van der Waals surface area contributed by atoms with Crippen LogP contribution in [0.5, 0.6) is 0 Å². The number of sulfonamides is 1. The van der Waals surface area contributed by atoms with Crippen LogP contribution < -0.4 is 4.72 Å². The van der Waals surface area contributed by atoms with E-state index in [0.29, 0.717) is 10.6 Å². The molecule has 1 aromatic heterocycles. The topological polar surface area (TPSA) is 72.0 Å². The van der Waals surface area contributed by atoms with Crippen molar-refractivity contribution in [2.75, 3.05) is 4.72 Å². The fourth-order valence-corrected chi connectivity index (χ4v) is 5.51. The zero-order chi connectivity index (χ0) is 19.1. The smallest absolute Gasteiger partial charge is 0.253 e. The molecule has 5 nitrogen and oxygen atoms in total. The third-order valence-electron chi connectivity index (χ3n) is 3.30. The lowest BCUT2D eigenvalue weighted by Gasteiger charge is -2.10. The van der Waals surface area contributed by atoms with Gasteiger partial charge in [-0.1, -0.05) is 40.9 Å². The minimum Gasteiger partial charge on any atom is -0.253 e. The Labute approximate surface area is 168 Å². The maximum absolute atomic E-state index is 14.0. The predicted octanol–water partition coefficient (Wildman–Crippen LogP) is 5.41. The standard InChI is InChI=1S/C15H9Cl3FN3O2S2/c1-7-5-8(16)6-10(18)13(7)26(23,24)22-15-20-14(21-25-15)12-9(17)3-2-4-11(12)19/h2-6H,1H3,(H,20,21,22). The summed E-state index contributed by atoms with van der Waals surface area (Å²) in [5.41, 5.74) is 0.369. The van der Waals surface area contributed by atoms with Crippen LogP contribution in [0.25, 0.3) is 11.4 Å². The Hall–Kier alpha value is -1.45.